The van der Waals surface area contributed by atoms with Crippen molar-refractivity contribution in [1.82, 2.24) is 5.32 Å². The molecule has 0 amide bonds. The molecule has 1 heterocycles. The molecule has 1 aromatic rings. The van der Waals surface area contributed by atoms with Crippen molar-refractivity contribution in [3.05, 3.63) is 21.4 Å². The van der Waals surface area contributed by atoms with E-state index in [1.165, 1.54) is 0 Å². The zero-order valence-corrected chi connectivity index (χ0v) is 8.49. The molecule has 3 nitrogen and oxygen atoms in total. The monoisotopic (exact) mass is 198 g/mol. The molecule has 13 heavy (non-hydrogen) atoms. The maximum absolute atomic E-state index is 10.7. The normalized spacial score (nSPS) is 10.3. The Hall–Kier alpha value is -0.710. The minimum Gasteiger partial charge on any atom is -0.326 e. The number of nitrogens with two attached hydrogens (primary N) is 1. The lowest BCUT2D eigenvalue weighted by molar-refractivity contribution is 0.112. The molecule has 1 rings (SSSR count). The minimum atomic E-state index is 0.519. The van der Waals surface area contributed by atoms with Gasteiger partial charge in [0.15, 0.2) is 6.29 Å². The van der Waals surface area contributed by atoms with Crippen molar-refractivity contribution in [3.8, 4) is 0 Å². The SMILES string of the molecule is CNCCc1sc(CN)cc1C=O. The lowest BCUT2D eigenvalue weighted by Crippen LogP contribution is -2.10. The van der Waals surface area contributed by atoms with E-state index in [9.17, 15) is 4.79 Å². The summed E-state index contributed by atoms with van der Waals surface area (Å²) in [5, 5.41) is 3.05. The van der Waals surface area contributed by atoms with E-state index < -0.39 is 0 Å². The van der Waals surface area contributed by atoms with Gasteiger partial charge in [-0.15, -0.1) is 11.3 Å². The average molecular weight is 198 g/mol. The van der Waals surface area contributed by atoms with Crippen LogP contribution in [0.4, 0.5) is 0 Å². The van der Waals surface area contributed by atoms with Gasteiger partial charge >= 0.3 is 0 Å². The maximum Gasteiger partial charge on any atom is 0.151 e. The summed E-state index contributed by atoms with van der Waals surface area (Å²) < 4.78 is 0. The molecule has 0 aliphatic heterocycles. The highest BCUT2D eigenvalue weighted by molar-refractivity contribution is 7.12. The van der Waals surface area contributed by atoms with Crippen molar-refractivity contribution in [1.29, 1.82) is 0 Å². The van der Waals surface area contributed by atoms with Gasteiger partial charge in [-0.05, 0) is 26.1 Å². The Balaban J connectivity index is 2.77. The molecule has 0 unspecified atom stereocenters. The Morgan fingerprint density at radius 2 is 2.46 bits per heavy atom. The van der Waals surface area contributed by atoms with Gasteiger partial charge in [0, 0.05) is 21.9 Å². The Labute approximate surface area is 81.9 Å². The topological polar surface area (TPSA) is 55.1 Å². The number of rotatable bonds is 5. The second kappa shape index (κ2) is 5.11. The molecule has 0 bridgehead atoms. The summed E-state index contributed by atoms with van der Waals surface area (Å²) in [5.41, 5.74) is 6.29. The molecule has 0 saturated carbocycles. The first-order chi connectivity index (χ1) is 6.31. The van der Waals surface area contributed by atoms with Gasteiger partial charge in [-0.25, -0.2) is 0 Å². The highest BCUT2D eigenvalue weighted by Crippen LogP contribution is 2.21. The molecule has 3 N–H and O–H groups in total. The number of carbonyl (C=O) groups excluding carboxylic acids is 1. The highest BCUT2D eigenvalue weighted by atomic mass is 32.1. The minimum absolute atomic E-state index is 0.519. The summed E-state index contributed by atoms with van der Waals surface area (Å²) in [6.07, 6.45) is 1.80. The Morgan fingerprint density at radius 1 is 1.69 bits per heavy atom. The van der Waals surface area contributed by atoms with Crippen molar-refractivity contribution >= 4 is 17.6 Å². The Morgan fingerprint density at radius 3 is 3.00 bits per heavy atom. The third-order valence-corrected chi connectivity index (χ3v) is 3.06. The summed E-state index contributed by atoms with van der Waals surface area (Å²) in [4.78, 5) is 12.9. The van der Waals surface area contributed by atoms with E-state index in [0.717, 1.165) is 34.6 Å². The van der Waals surface area contributed by atoms with E-state index in [2.05, 4.69) is 5.32 Å². The van der Waals surface area contributed by atoms with Crippen molar-refractivity contribution in [2.45, 2.75) is 13.0 Å². The van der Waals surface area contributed by atoms with E-state index >= 15 is 0 Å². The van der Waals surface area contributed by atoms with Crippen LogP contribution in [0.1, 0.15) is 20.1 Å². The molecular formula is C9H14N2OS. The third kappa shape index (κ3) is 2.62. The first-order valence-electron chi connectivity index (χ1n) is 4.23. The van der Waals surface area contributed by atoms with Crippen LogP contribution < -0.4 is 11.1 Å². The lowest BCUT2D eigenvalue weighted by atomic mass is 10.2. The summed E-state index contributed by atoms with van der Waals surface area (Å²) in [6, 6.07) is 1.88. The van der Waals surface area contributed by atoms with Gasteiger partial charge in [0.1, 0.15) is 0 Å². The van der Waals surface area contributed by atoms with Crippen LogP contribution in [0.25, 0.3) is 0 Å². The van der Waals surface area contributed by atoms with E-state index in [0.29, 0.717) is 6.54 Å². The average Bonchev–Trinajstić information content (AvgIpc) is 2.57. The van der Waals surface area contributed by atoms with Crippen LogP contribution in [-0.2, 0) is 13.0 Å². The fourth-order valence-electron chi connectivity index (χ4n) is 1.13. The number of thiophene rings is 1. The standard InChI is InChI=1S/C9H14N2OS/c1-11-3-2-9-7(6-12)4-8(5-10)13-9/h4,6,11H,2-3,5,10H2,1H3. The van der Waals surface area contributed by atoms with E-state index in [-0.39, 0.29) is 0 Å². The first kappa shape index (κ1) is 10.4. The molecule has 0 atom stereocenters. The predicted molar refractivity (Wildman–Crippen MR) is 55.2 cm³/mol. The summed E-state index contributed by atoms with van der Waals surface area (Å²) in [6.45, 7) is 1.41. The van der Waals surface area contributed by atoms with Crippen LogP contribution in [0.15, 0.2) is 6.07 Å². The molecule has 0 spiro atoms. The second-order valence-electron chi connectivity index (χ2n) is 2.77. The molecule has 0 aromatic carbocycles. The molecule has 0 fully saturated rings. The maximum atomic E-state index is 10.7. The fraction of sp³-hybridized carbons (Fsp3) is 0.444. The van der Waals surface area contributed by atoms with Crippen LogP contribution in [0, 0.1) is 0 Å². The van der Waals surface area contributed by atoms with Crippen molar-refractivity contribution < 1.29 is 4.79 Å². The largest absolute Gasteiger partial charge is 0.326 e. The zero-order valence-electron chi connectivity index (χ0n) is 7.67. The quantitative estimate of drug-likeness (QED) is 0.687. The molecule has 0 saturated heterocycles. The smallest absolute Gasteiger partial charge is 0.151 e. The van der Waals surface area contributed by atoms with E-state index in [1.54, 1.807) is 11.3 Å². The van der Waals surface area contributed by atoms with Gasteiger partial charge in [-0.1, -0.05) is 0 Å². The lowest BCUT2D eigenvalue weighted by Gasteiger charge is -1.96. The number of aldehydes is 1. The summed E-state index contributed by atoms with van der Waals surface area (Å²) in [5.74, 6) is 0. The Kier molecular flexibility index (Phi) is 4.08. The van der Waals surface area contributed by atoms with Crippen molar-refractivity contribution in [2.75, 3.05) is 13.6 Å². The number of likely N-dealkylation sites (N-methyl/N-ethyl adjacent to an activating group) is 1. The predicted octanol–water partition coefficient (Wildman–Crippen LogP) is 0.781. The van der Waals surface area contributed by atoms with Gasteiger partial charge in [0.2, 0.25) is 0 Å². The van der Waals surface area contributed by atoms with Gasteiger partial charge < -0.3 is 11.1 Å². The number of carbonyl (C=O) groups is 1. The van der Waals surface area contributed by atoms with E-state index in [1.807, 2.05) is 13.1 Å². The number of hydrogen-bond acceptors (Lipinski definition) is 4. The van der Waals surface area contributed by atoms with Gasteiger partial charge in [-0.3, -0.25) is 4.79 Å². The molecule has 4 heteroatoms. The van der Waals surface area contributed by atoms with Gasteiger partial charge in [-0.2, -0.15) is 0 Å². The van der Waals surface area contributed by atoms with Crippen LogP contribution in [0.3, 0.4) is 0 Å². The van der Waals surface area contributed by atoms with Gasteiger partial charge in [0.05, 0.1) is 0 Å². The first-order valence-corrected chi connectivity index (χ1v) is 5.05. The number of nitrogens with one attached hydrogen (secondary N) is 1. The van der Waals surface area contributed by atoms with Crippen LogP contribution in [0.2, 0.25) is 0 Å². The third-order valence-electron chi connectivity index (χ3n) is 1.82. The molecule has 0 aliphatic rings. The fourth-order valence-corrected chi connectivity index (χ4v) is 2.15. The second-order valence-corrected chi connectivity index (χ2v) is 3.99. The molecule has 0 aliphatic carbocycles. The van der Waals surface area contributed by atoms with Crippen LogP contribution >= 0.6 is 11.3 Å². The molecule has 1 aromatic heterocycles. The summed E-state index contributed by atoms with van der Waals surface area (Å²) in [7, 11) is 1.90. The molecular weight excluding hydrogens is 184 g/mol. The van der Waals surface area contributed by atoms with Gasteiger partial charge in [0.25, 0.3) is 0 Å². The molecule has 72 valence electrons. The zero-order chi connectivity index (χ0) is 9.68. The highest BCUT2D eigenvalue weighted by Gasteiger charge is 2.06. The van der Waals surface area contributed by atoms with Crippen molar-refractivity contribution in [2.24, 2.45) is 5.73 Å². The number of hydrogen-bond donors (Lipinski definition) is 2. The van der Waals surface area contributed by atoms with Crippen LogP contribution in [0.5, 0.6) is 0 Å². The van der Waals surface area contributed by atoms with Crippen molar-refractivity contribution in [3.63, 3.8) is 0 Å². The van der Waals surface area contributed by atoms with Crippen LogP contribution in [-0.4, -0.2) is 19.9 Å². The van der Waals surface area contributed by atoms with E-state index in [4.69, 9.17) is 5.73 Å². The Bertz CT molecular complexity index is 283. The molecule has 0 radical (unpaired) electrons. The summed E-state index contributed by atoms with van der Waals surface area (Å²) >= 11 is 1.63.